The normalized spacial score (nSPS) is 15.5. The molecule has 0 atom stereocenters. The highest BCUT2D eigenvalue weighted by atomic mass is 16.5. The summed E-state index contributed by atoms with van der Waals surface area (Å²) in [6.07, 6.45) is 1.76. The maximum absolute atomic E-state index is 12.5. The van der Waals surface area contributed by atoms with E-state index in [0.29, 0.717) is 17.7 Å². The SMILES string of the molecule is O=C(CCN1C(=O)Cc2ccccc2C1=O)OCC(=O)N1CCCc2ccccc21. The molecule has 2 aromatic rings. The minimum atomic E-state index is -0.617. The lowest BCUT2D eigenvalue weighted by Crippen LogP contribution is -2.43. The smallest absolute Gasteiger partial charge is 0.308 e. The summed E-state index contributed by atoms with van der Waals surface area (Å²) in [5.41, 5.74) is 3.13. The van der Waals surface area contributed by atoms with E-state index in [-0.39, 0.29) is 37.8 Å². The van der Waals surface area contributed by atoms with Gasteiger partial charge < -0.3 is 9.64 Å². The highest BCUT2D eigenvalue weighted by Crippen LogP contribution is 2.26. The monoisotopic (exact) mass is 406 g/mol. The third kappa shape index (κ3) is 3.96. The lowest BCUT2D eigenvalue weighted by atomic mass is 9.98. The van der Waals surface area contributed by atoms with Crippen molar-refractivity contribution in [1.29, 1.82) is 0 Å². The van der Waals surface area contributed by atoms with Gasteiger partial charge in [0.2, 0.25) is 5.91 Å². The second-order valence-electron chi connectivity index (χ2n) is 7.37. The van der Waals surface area contributed by atoms with Gasteiger partial charge in [0, 0.05) is 24.3 Å². The number of carbonyl (C=O) groups excluding carboxylic acids is 4. The van der Waals surface area contributed by atoms with E-state index in [9.17, 15) is 19.2 Å². The number of hydrogen-bond acceptors (Lipinski definition) is 5. The number of hydrogen-bond donors (Lipinski definition) is 0. The molecular weight excluding hydrogens is 384 g/mol. The molecule has 0 bridgehead atoms. The van der Waals surface area contributed by atoms with Crippen LogP contribution in [0.25, 0.3) is 0 Å². The number of amides is 3. The number of imide groups is 1. The van der Waals surface area contributed by atoms with E-state index in [1.165, 1.54) is 0 Å². The van der Waals surface area contributed by atoms with Crippen molar-refractivity contribution in [2.24, 2.45) is 0 Å². The van der Waals surface area contributed by atoms with E-state index in [0.717, 1.165) is 29.0 Å². The van der Waals surface area contributed by atoms with Crippen LogP contribution in [0.15, 0.2) is 48.5 Å². The number of fused-ring (bicyclic) bond motifs is 2. The van der Waals surface area contributed by atoms with Crippen LogP contribution >= 0.6 is 0 Å². The molecule has 0 unspecified atom stereocenters. The summed E-state index contributed by atoms with van der Waals surface area (Å²) >= 11 is 0. The van der Waals surface area contributed by atoms with Crippen molar-refractivity contribution in [3.05, 3.63) is 65.2 Å². The average Bonchev–Trinajstić information content (AvgIpc) is 2.77. The Labute approximate surface area is 174 Å². The number of ether oxygens (including phenoxy) is 1. The van der Waals surface area contributed by atoms with Crippen LogP contribution in [0.4, 0.5) is 5.69 Å². The Bertz CT molecular complexity index is 1020. The lowest BCUT2D eigenvalue weighted by Gasteiger charge is -2.29. The van der Waals surface area contributed by atoms with E-state index in [1.54, 1.807) is 29.2 Å². The lowest BCUT2D eigenvalue weighted by molar-refractivity contribution is -0.148. The second kappa shape index (κ2) is 8.49. The first-order valence-corrected chi connectivity index (χ1v) is 10.0. The molecule has 2 aromatic carbocycles. The Balaban J connectivity index is 1.30. The van der Waals surface area contributed by atoms with Gasteiger partial charge in [-0.25, -0.2) is 0 Å². The molecule has 7 heteroatoms. The number of aryl methyl sites for hydroxylation is 1. The molecule has 0 saturated carbocycles. The van der Waals surface area contributed by atoms with Crippen LogP contribution < -0.4 is 4.90 Å². The van der Waals surface area contributed by atoms with Crippen LogP contribution in [0, 0.1) is 0 Å². The van der Waals surface area contributed by atoms with Gasteiger partial charge in [-0.1, -0.05) is 36.4 Å². The first-order valence-electron chi connectivity index (χ1n) is 10.0. The molecule has 30 heavy (non-hydrogen) atoms. The number of carbonyl (C=O) groups is 4. The van der Waals surface area contributed by atoms with Crippen LogP contribution in [0.3, 0.4) is 0 Å². The van der Waals surface area contributed by atoms with Crippen molar-refractivity contribution in [1.82, 2.24) is 4.90 Å². The minimum absolute atomic E-state index is 0.0639. The van der Waals surface area contributed by atoms with Crippen molar-refractivity contribution in [3.8, 4) is 0 Å². The van der Waals surface area contributed by atoms with Crippen LogP contribution in [0.1, 0.15) is 34.3 Å². The minimum Gasteiger partial charge on any atom is -0.455 e. The van der Waals surface area contributed by atoms with Gasteiger partial charge in [-0.15, -0.1) is 0 Å². The van der Waals surface area contributed by atoms with Crippen molar-refractivity contribution >= 4 is 29.4 Å². The molecule has 2 heterocycles. The Morgan fingerprint density at radius 2 is 1.70 bits per heavy atom. The summed E-state index contributed by atoms with van der Waals surface area (Å²) in [7, 11) is 0. The first kappa shape index (κ1) is 19.8. The molecule has 0 radical (unpaired) electrons. The zero-order chi connectivity index (χ0) is 21.1. The molecule has 3 amide bonds. The van der Waals surface area contributed by atoms with E-state index < -0.39 is 11.9 Å². The standard InChI is InChI=1S/C23H22N2O5/c26-20-14-17-7-1-3-9-18(17)23(29)25(20)13-11-22(28)30-15-21(27)24-12-5-8-16-6-2-4-10-19(16)24/h1-4,6-7,9-10H,5,8,11-15H2. The fourth-order valence-electron chi connectivity index (χ4n) is 3.91. The number of benzene rings is 2. The zero-order valence-electron chi connectivity index (χ0n) is 16.5. The second-order valence-corrected chi connectivity index (χ2v) is 7.37. The third-order valence-electron chi connectivity index (χ3n) is 5.44. The molecule has 2 aliphatic rings. The Morgan fingerprint density at radius 1 is 0.967 bits per heavy atom. The number of rotatable bonds is 5. The Morgan fingerprint density at radius 3 is 2.53 bits per heavy atom. The fraction of sp³-hybridized carbons (Fsp3) is 0.304. The molecule has 0 N–H and O–H groups in total. The highest BCUT2D eigenvalue weighted by molar-refractivity contribution is 6.09. The van der Waals surface area contributed by atoms with Crippen LogP contribution in [-0.2, 0) is 32.0 Å². The van der Waals surface area contributed by atoms with Crippen molar-refractivity contribution in [2.75, 3.05) is 24.6 Å². The summed E-state index contributed by atoms with van der Waals surface area (Å²) in [5, 5.41) is 0. The van der Waals surface area contributed by atoms with Gasteiger partial charge in [0.25, 0.3) is 11.8 Å². The maximum Gasteiger partial charge on any atom is 0.308 e. The molecular formula is C23H22N2O5. The van der Waals surface area contributed by atoms with E-state index in [4.69, 9.17) is 4.74 Å². The van der Waals surface area contributed by atoms with Gasteiger partial charge in [0.1, 0.15) is 0 Å². The topological polar surface area (TPSA) is 84.0 Å². The fourth-order valence-corrected chi connectivity index (χ4v) is 3.91. The summed E-state index contributed by atoms with van der Waals surface area (Å²) in [6.45, 7) is 0.160. The first-order chi connectivity index (χ1) is 14.5. The van der Waals surface area contributed by atoms with Crippen LogP contribution in [0.5, 0.6) is 0 Å². The summed E-state index contributed by atoms with van der Waals surface area (Å²) in [4.78, 5) is 52.2. The molecule has 4 rings (SSSR count). The number of nitrogens with zero attached hydrogens (tertiary/aromatic N) is 2. The van der Waals surface area contributed by atoms with Gasteiger partial charge in [0.05, 0.1) is 12.8 Å². The molecule has 0 aliphatic carbocycles. The van der Waals surface area contributed by atoms with E-state index in [1.807, 2.05) is 24.3 Å². The number of para-hydroxylation sites is 1. The summed E-state index contributed by atoms with van der Waals surface area (Å²) in [6, 6.07) is 14.6. The van der Waals surface area contributed by atoms with Crippen molar-refractivity contribution in [2.45, 2.75) is 25.7 Å². The predicted octanol–water partition coefficient (Wildman–Crippen LogP) is 2.12. The highest BCUT2D eigenvalue weighted by Gasteiger charge is 2.31. The molecule has 0 fully saturated rings. The number of esters is 1. The van der Waals surface area contributed by atoms with Gasteiger partial charge in [-0.2, -0.15) is 0 Å². The molecule has 0 aromatic heterocycles. The Kier molecular flexibility index (Phi) is 5.61. The molecule has 0 spiro atoms. The van der Waals surface area contributed by atoms with Crippen LogP contribution in [-0.4, -0.2) is 48.3 Å². The average molecular weight is 406 g/mol. The van der Waals surface area contributed by atoms with Gasteiger partial charge >= 0.3 is 5.97 Å². The summed E-state index contributed by atoms with van der Waals surface area (Å²) < 4.78 is 5.12. The van der Waals surface area contributed by atoms with Crippen LogP contribution in [0.2, 0.25) is 0 Å². The predicted molar refractivity (Wildman–Crippen MR) is 109 cm³/mol. The van der Waals surface area contributed by atoms with Gasteiger partial charge in [0.15, 0.2) is 6.61 Å². The van der Waals surface area contributed by atoms with E-state index in [2.05, 4.69) is 0 Å². The van der Waals surface area contributed by atoms with Gasteiger partial charge in [-0.05, 0) is 36.1 Å². The van der Waals surface area contributed by atoms with Crippen molar-refractivity contribution < 1.29 is 23.9 Å². The van der Waals surface area contributed by atoms with Crippen molar-refractivity contribution in [3.63, 3.8) is 0 Å². The van der Waals surface area contributed by atoms with E-state index >= 15 is 0 Å². The maximum atomic E-state index is 12.5. The molecule has 2 aliphatic heterocycles. The quantitative estimate of drug-likeness (QED) is 0.561. The largest absolute Gasteiger partial charge is 0.455 e. The Hall–Kier alpha value is -3.48. The number of anilines is 1. The summed E-state index contributed by atoms with van der Waals surface area (Å²) in [5.74, 6) is -1.65. The molecule has 0 saturated heterocycles. The molecule has 7 nitrogen and oxygen atoms in total. The zero-order valence-corrected chi connectivity index (χ0v) is 16.5. The third-order valence-corrected chi connectivity index (χ3v) is 5.44. The molecule has 154 valence electrons. The van der Waals surface area contributed by atoms with Gasteiger partial charge in [-0.3, -0.25) is 24.1 Å².